The second-order valence-corrected chi connectivity index (χ2v) is 6.00. The smallest absolute Gasteiger partial charge is 0.0409 e. The lowest BCUT2D eigenvalue weighted by molar-refractivity contribution is 0.193. The van der Waals surface area contributed by atoms with E-state index in [9.17, 15) is 0 Å². The summed E-state index contributed by atoms with van der Waals surface area (Å²) >= 11 is 6.05. The van der Waals surface area contributed by atoms with Gasteiger partial charge in [-0.05, 0) is 52.1 Å². The van der Waals surface area contributed by atoms with Crippen LogP contribution in [0.2, 0.25) is 5.02 Å². The first-order valence-electron chi connectivity index (χ1n) is 6.56. The van der Waals surface area contributed by atoms with Gasteiger partial charge in [0, 0.05) is 23.1 Å². The molecule has 1 unspecified atom stereocenters. The van der Waals surface area contributed by atoms with Gasteiger partial charge in [-0.2, -0.15) is 0 Å². The Labute approximate surface area is 116 Å². The van der Waals surface area contributed by atoms with E-state index in [0.717, 1.165) is 18.1 Å². The quantitative estimate of drug-likeness (QED) is 0.846. The summed E-state index contributed by atoms with van der Waals surface area (Å²) in [6.45, 7) is 10.8. The minimum absolute atomic E-state index is 0.121. The molecule has 0 saturated heterocycles. The van der Waals surface area contributed by atoms with E-state index in [4.69, 9.17) is 11.6 Å². The standard InChI is InChI=1S/C15H25ClN2/c1-6-17-15(3,4)11-18(5)12(2)13-8-7-9-14(16)10-13/h7-10,12,17H,6,11H2,1-5H3. The lowest BCUT2D eigenvalue weighted by Crippen LogP contribution is -2.48. The lowest BCUT2D eigenvalue weighted by Gasteiger charge is -2.34. The van der Waals surface area contributed by atoms with Crippen molar-refractivity contribution in [1.29, 1.82) is 0 Å². The summed E-state index contributed by atoms with van der Waals surface area (Å²) in [5.74, 6) is 0. The zero-order valence-electron chi connectivity index (χ0n) is 12.1. The van der Waals surface area contributed by atoms with Gasteiger partial charge in [0.05, 0.1) is 0 Å². The molecule has 0 radical (unpaired) electrons. The van der Waals surface area contributed by atoms with Crippen molar-refractivity contribution in [3.05, 3.63) is 34.9 Å². The minimum Gasteiger partial charge on any atom is -0.311 e. The molecule has 102 valence electrons. The average Bonchev–Trinajstić information content (AvgIpc) is 2.27. The van der Waals surface area contributed by atoms with Crippen LogP contribution in [0.1, 0.15) is 39.3 Å². The zero-order chi connectivity index (χ0) is 13.8. The number of rotatable bonds is 6. The van der Waals surface area contributed by atoms with Gasteiger partial charge in [0.2, 0.25) is 0 Å². The fourth-order valence-electron chi connectivity index (χ4n) is 2.32. The van der Waals surface area contributed by atoms with Crippen molar-refractivity contribution >= 4 is 11.6 Å². The van der Waals surface area contributed by atoms with Gasteiger partial charge in [-0.15, -0.1) is 0 Å². The molecule has 1 aromatic rings. The molecule has 3 heteroatoms. The Morgan fingerprint density at radius 3 is 2.61 bits per heavy atom. The summed E-state index contributed by atoms with van der Waals surface area (Å²) in [6, 6.07) is 8.47. The van der Waals surface area contributed by atoms with Crippen molar-refractivity contribution in [2.75, 3.05) is 20.1 Å². The van der Waals surface area contributed by atoms with Crippen LogP contribution >= 0.6 is 11.6 Å². The van der Waals surface area contributed by atoms with Gasteiger partial charge in [-0.25, -0.2) is 0 Å². The Morgan fingerprint density at radius 2 is 2.06 bits per heavy atom. The van der Waals surface area contributed by atoms with Crippen LogP contribution in [0.3, 0.4) is 0 Å². The van der Waals surface area contributed by atoms with Gasteiger partial charge in [-0.1, -0.05) is 30.7 Å². The third-order valence-corrected chi connectivity index (χ3v) is 3.53. The molecule has 1 N–H and O–H groups in total. The van der Waals surface area contributed by atoms with E-state index >= 15 is 0 Å². The Kier molecular flexibility index (Phi) is 5.64. The monoisotopic (exact) mass is 268 g/mol. The largest absolute Gasteiger partial charge is 0.311 e. The van der Waals surface area contributed by atoms with Crippen LogP contribution in [-0.4, -0.2) is 30.6 Å². The van der Waals surface area contributed by atoms with Crippen LogP contribution in [0, 0.1) is 0 Å². The fourth-order valence-corrected chi connectivity index (χ4v) is 2.51. The van der Waals surface area contributed by atoms with Crippen LogP contribution in [-0.2, 0) is 0 Å². The van der Waals surface area contributed by atoms with Crippen molar-refractivity contribution in [2.45, 2.75) is 39.3 Å². The van der Waals surface area contributed by atoms with Crippen molar-refractivity contribution in [3.8, 4) is 0 Å². The first kappa shape index (κ1) is 15.5. The third kappa shape index (κ3) is 4.60. The maximum Gasteiger partial charge on any atom is 0.0409 e. The second kappa shape index (κ2) is 6.55. The van der Waals surface area contributed by atoms with Gasteiger partial charge >= 0.3 is 0 Å². The molecular formula is C15H25ClN2. The normalized spacial score (nSPS) is 13.9. The highest BCUT2D eigenvalue weighted by molar-refractivity contribution is 6.30. The second-order valence-electron chi connectivity index (χ2n) is 5.56. The van der Waals surface area contributed by atoms with Crippen LogP contribution in [0.15, 0.2) is 24.3 Å². The van der Waals surface area contributed by atoms with Gasteiger partial charge in [0.15, 0.2) is 0 Å². The van der Waals surface area contributed by atoms with Crippen molar-refractivity contribution in [2.24, 2.45) is 0 Å². The number of likely N-dealkylation sites (N-methyl/N-ethyl adjacent to an activating group) is 2. The highest BCUT2D eigenvalue weighted by Gasteiger charge is 2.21. The molecule has 0 amide bonds. The highest BCUT2D eigenvalue weighted by atomic mass is 35.5. The molecule has 18 heavy (non-hydrogen) atoms. The molecule has 1 aromatic carbocycles. The predicted molar refractivity (Wildman–Crippen MR) is 80.3 cm³/mol. The molecule has 0 fully saturated rings. The molecule has 0 heterocycles. The van der Waals surface area contributed by atoms with E-state index in [0.29, 0.717) is 6.04 Å². The molecule has 0 saturated carbocycles. The first-order chi connectivity index (χ1) is 8.35. The molecule has 0 aromatic heterocycles. The number of hydrogen-bond acceptors (Lipinski definition) is 2. The molecule has 1 atom stereocenters. The van der Waals surface area contributed by atoms with Crippen molar-refractivity contribution in [1.82, 2.24) is 10.2 Å². The summed E-state index contributed by atoms with van der Waals surface area (Å²) < 4.78 is 0. The lowest BCUT2D eigenvalue weighted by atomic mass is 10.0. The number of benzene rings is 1. The molecular weight excluding hydrogens is 244 g/mol. The van der Waals surface area contributed by atoms with Crippen LogP contribution in [0.25, 0.3) is 0 Å². The first-order valence-corrected chi connectivity index (χ1v) is 6.94. The summed E-state index contributed by atoms with van der Waals surface area (Å²) in [5.41, 5.74) is 1.38. The summed E-state index contributed by atoms with van der Waals surface area (Å²) in [5, 5.41) is 4.31. The number of hydrogen-bond donors (Lipinski definition) is 1. The molecule has 0 aliphatic carbocycles. The molecule has 2 nitrogen and oxygen atoms in total. The average molecular weight is 269 g/mol. The van der Waals surface area contributed by atoms with Crippen LogP contribution < -0.4 is 5.32 Å². The molecule has 0 spiro atoms. The Morgan fingerprint density at radius 1 is 1.39 bits per heavy atom. The van der Waals surface area contributed by atoms with Crippen molar-refractivity contribution in [3.63, 3.8) is 0 Å². The van der Waals surface area contributed by atoms with E-state index in [-0.39, 0.29) is 5.54 Å². The Balaban J connectivity index is 2.69. The van der Waals surface area contributed by atoms with E-state index in [2.05, 4.69) is 51.0 Å². The SMILES string of the molecule is CCNC(C)(C)CN(C)C(C)c1cccc(Cl)c1. The molecule has 1 rings (SSSR count). The van der Waals surface area contributed by atoms with Crippen LogP contribution in [0.5, 0.6) is 0 Å². The highest BCUT2D eigenvalue weighted by Crippen LogP contribution is 2.23. The van der Waals surface area contributed by atoms with E-state index < -0.39 is 0 Å². The van der Waals surface area contributed by atoms with Gasteiger partial charge in [-0.3, -0.25) is 4.90 Å². The summed E-state index contributed by atoms with van der Waals surface area (Å²) in [7, 11) is 2.16. The fraction of sp³-hybridized carbons (Fsp3) is 0.600. The Bertz CT molecular complexity index is 377. The molecule has 0 bridgehead atoms. The maximum absolute atomic E-state index is 6.05. The van der Waals surface area contributed by atoms with Crippen LogP contribution in [0.4, 0.5) is 0 Å². The zero-order valence-corrected chi connectivity index (χ0v) is 12.9. The van der Waals surface area contributed by atoms with E-state index in [1.807, 2.05) is 18.2 Å². The number of nitrogens with zero attached hydrogens (tertiary/aromatic N) is 1. The number of halogens is 1. The summed E-state index contributed by atoms with van der Waals surface area (Å²) in [6.07, 6.45) is 0. The van der Waals surface area contributed by atoms with Gasteiger partial charge in [0.25, 0.3) is 0 Å². The Hall–Kier alpha value is -0.570. The molecule has 0 aliphatic rings. The molecule has 0 aliphatic heterocycles. The topological polar surface area (TPSA) is 15.3 Å². The maximum atomic E-state index is 6.05. The van der Waals surface area contributed by atoms with E-state index in [1.165, 1.54) is 5.56 Å². The third-order valence-electron chi connectivity index (χ3n) is 3.29. The van der Waals surface area contributed by atoms with E-state index in [1.54, 1.807) is 0 Å². The van der Waals surface area contributed by atoms with Gasteiger partial charge in [0.1, 0.15) is 0 Å². The van der Waals surface area contributed by atoms with Gasteiger partial charge < -0.3 is 5.32 Å². The minimum atomic E-state index is 0.121. The van der Waals surface area contributed by atoms with Crippen molar-refractivity contribution < 1.29 is 0 Å². The number of nitrogens with one attached hydrogen (secondary N) is 1. The predicted octanol–water partition coefficient (Wildman–Crippen LogP) is 3.72. The summed E-state index contributed by atoms with van der Waals surface area (Å²) in [4.78, 5) is 2.36.